The number of nitrogens with zero attached hydrogens (tertiary/aromatic N) is 4. The molecule has 7 aromatic rings. The maximum atomic E-state index is 6.45. The molecule has 0 amide bonds. The molecular weight excluding hydrogens is 585 g/mol. The second kappa shape index (κ2) is 11.8. The Morgan fingerprint density at radius 3 is 2.30 bits per heavy atom. The fourth-order valence-electron chi connectivity index (χ4n) is 5.66. The standard InChI is InChI=1S/C36H30N4O2S2/c1-23-16-33(43-3)36(34(17-23)44-4)24-21-38-39(22-24)25-8-7-9-27(18-25)42-28-12-13-30-29-10-5-6-11-31(29)40(32(30)19-28)35-20-26(41-2)14-15-37-35/h5-22H,1-4H3. The van der Waals surface area contributed by atoms with E-state index in [9.17, 15) is 0 Å². The second-order valence-electron chi connectivity index (χ2n) is 10.4. The van der Waals surface area contributed by atoms with Crippen LogP contribution in [-0.2, 0) is 0 Å². The Labute approximate surface area is 264 Å². The number of rotatable bonds is 8. The van der Waals surface area contributed by atoms with Gasteiger partial charge in [-0.15, -0.1) is 23.5 Å². The number of aryl methyl sites for hydroxylation is 1. The molecule has 0 unspecified atom stereocenters. The Kier molecular flexibility index (Phi) is 7.54. The number of hydrogen-bond acceptors (Lipinski definition) is 6. The molecule has 8 heteroatoms. The van der Waals surface area contributed by atoms with Crippen LogP contribution in [0.15, 0.2) is 119 Å². The molecule has 0 N–H and O–H groups in total. The van der Waals surface area contributed by atoms with E-state index in [4.69, 9.17) is 14.6 Å². The molecule has 0 saturated carbocycles. The molecule has 0 radical (unpaired) electrons. The van der Waals surface area contributed by atoms with Gasteiger partial charge >= 0.3 is 0 Å². The minimum Gasteiger partial charge on any atom is -0.497 e. The van der Waals surface area contributed by atoms with Crippen molar-refractivity contribution >= 4 is 45.3 Å². The molecule has 6 nitrogen and oxygen atoms in total. The fraction of sp³-hybridized carbons (Fsp3) is 0.111. The first-order valence-electron chi connectivity index (χ1n) is 14.2. The molecular formula is C36H30N4O2S2. The maximum absolute atomic E-state index is 6.45. The molecule has 0 aliphatic heterocycles. The van der Waals surface area contributed by atoms with Crippen molar-refractivity contribution in [2.75, 3.05) is 19.6 Å². The first-order valence-corrected chi connectivity index (χ1v) is 16.6. The van der Waals surface area contributed by atoms with E-state index < -0.39 is 0 Å². The van der Waals surface area contributed by atoms with E-state index >= 15 is 0 Å². The summed E-state index contributed by atoms with van der Waals surface area (Å²) in [5.41, 5.74) is 6.58. The van der Waals surface area contributed by atoms with Crippen molar-refractivity contribution in [1.29, 1.82) is 0 Å². The van der Waals surface area contributed by atoms with E-state index in [-0.39, 0.29) is 0 Å². The summed E-state index contributed by atoms with van der Waals surface area (Å²) in [5, 5.41) is 7.01. The van der Waals surface area contributed by atoms with Crippen molar-refractivity contribution in [2.24, 2.45) is 0 Å². The monoisotopic (exact) mass is 614 g/mol. The summed E-state index contributed by atoms with van der Waals surface area (Å²) in [6.45, 7) is 2.14. The van der Waals surface area contributed by atoms with Gasteiger partial charge in [-0.3, -0.25) is 4.57 Å². The molecule has 0 saturated heterocycles. The van der Waals surface area contributed by atoms with Gasteiger partial charge in [0.05, 0.1) is 30.0 Å². The van der Waals surface area contributed by atoms with E-state index in [0.717, 1.165) is 56.1 Å². The number of thioether (sulfide) groups is 2. The van der Waals surface area contributed by atoms with Gasteiger partial charge in [0.15, 0.2) is 0 Å². The van der Waals surface area contributed by atoms with Crippen molar-refractivity contribution in [3.63, 3.8) is 0 Å². The Balaban J connectivity index is 1.25. The Bertz CT molecular complexity index is 2130. The highest BCUT2D eigenvalue weighted by atomic mass is 32.2. The molecule has 0 aliphatic carbocycles. The summed E-state index contributed by atoms with van der Waals surface area (Å²) in [7, 11) is 1.67. The van der Waals surface area contributed by atoms with Crippen molar-refractivity contribution in [1.82, 2.24) is 19.3 Å². The number of aromatic nitrogens is 4. The lowest BCUT2D eigenvalue weighted by Crippen LogP contribution is -1.98. The molecule has 218 valence electrons. The molecule has 44 heavy (non-hydrogen) atoms. The zero-order valence-corrected chi connectivity index (χ0v) is 26.4. The Hall–Kier alpha value is -4.66. The summed E-state index contributed by atoms with van der Waals surface area (Å²) in [5.74, 6) is 3.00. The lowest BCUT2D eigenvalue weighted by molar-refractivity contribution is 0.414. The predicted octanol–water partition coefficient (Wildman–Crippen LogP) is 9.58. The smallest absolute Gasteiger partial charge is 0.141 e. The number of benzene rings is 4. The predicted molar refractivity (Wildman–Crippen MR) is 183 cm³/mol. The van der Waals surface area contributed by atoms with Gasteiger partial charge < -0.3 is 9.47 Å². The molecule has 0 bridgehead atoms. The van der Waals surface area contributed by atoms with Gasteiger partial charge in [0.25, 0.3) is 0 Å². The number of methoxy groups -OCH3 is 1. The molecule has 7 rings (SSSR count). The molecule has 0 fully saturated rings. The third-order valence-corrected chi connectivity index (χ3v) is 9.19. The summed E-state index contributed by atoms with van der Waals surface area (Å²) in [6, 6.07) is 30.9. The van der Waals surface area contributed by atoms with Crippen LogP contribution in [0.3, 0.4) is 0 Å². The van der Waals surface area contributed by atoms with Crippen LogP contribution in [-0.4, -0.2) is 39.0 Å². The van der Waals surface area contributed by atoms with Crippen molar-refractivity contribution in [3.05, 3.63) is 115 Å². The highest BCUT2D eigenvalue weighted by molar-refractivity contribution is 7.99. The van der Waals surface area contributed by atoms with Crippen LogP contribution in [0.2, 0.25) is 0 Å². The van der Waals surface area contributed by atoms with Crippen LogP contribution in [0, 0.1) is 6.92 Å². The summed E-state index contributed by atoms with van der Waals surface area (Å²) >= 11 is 3.53. The van der Waals surface area contributed by atoms with Crippen molar-refractivity contribution in [3.8, 4) is 39.9 Å². The zero-order chi connectivity index (χ0) is 30.2. The summed E-state index contributed by atoms with van der Waals surface area (Å²) in [4.78, 5) is 7.17. The molecule has 0 spiro atoms. The third-order valence-electron chi connectivity index (χ3n) is 7.67. The number of para-hydroxylation sites is 1. The van der Waals surface area contributed by atoms with Crippen LogP contribution in [0.1, 0.15) is 5.56 Å². The third kappa shape index (κ3) is 5.10. The molecule has 3 aromatic heterocycles. The van der Waals surface area contributed by atoms with Crippen LogP contribution in [0.4, 0.5) is 0 Å². The largest absolute Gasteiger partial charge is 0.497 e. The van der Waals surface area contributed by atoms with E-state index in [1.54, 1.807) is 36.8 Å². The van der Waals surface area contributed by atoms with Gasteiger partial charge in [-0.2, -0.15) is 5.10 Å². The van der Waals surface area contributed by atoms with Crippen LogP contribution in [0.5, 0.6) is 17.2 Å². The normalized spacial score (nSPS) is 11.4. The van der Waals surface area contributed by atoms with E-state index in [2.05, 4.69) is 77.6 Å². The SMILES string of the molecule is COc1ccnc(-n2c3ccccc3c3ccc(Oc4cccc(-n5cc(-c6c(SC)cc(C)cc6SC)cn5)c4)cc32)c1. The average Bonchev–Trinajstić information content (AvgIpc) is 3.67. The highest BCUT2D eigenvalue weighted by Crippen LogP contribution is 2.39. The minimum atomic E-state index is 0.728. The zero-order valence-electron chi connectivity index (χ0n) is 24.8. The van der Waals surface area contributed by atoms with Gasteiger partial charge in [-0.25, -0.2) is 9.67 Å². The first kappa shape index (κ1) is 28.1. The Morgan fingerprint density at radius 1 is 0.727 bits per heavy atom. The van der Waals surface area contributed by atoms with Crippen LogP contribution in [0.25, 0.3) is 44.4 Å². The summed E-state index contributed by atoms with van der Waals surface area (Å²) in [6.07, 6.45) is 10.0. The summed E-state index contributed by atoms with van der Waals surface area (Å²) < 4.78 is 16.0. The van der Waals surface area contributed by atoms with Crippen molar-refractivity contribution in [2.45, 2.75) is 16.7 Å². The van der Waals surface area contributed by atoms with E-state index in [1.165, 1.54) is 20.9 Å². The molecule has 0 atom stereocenters. The number of pyridine rings is 1. The maximum Gasteiger partial charge on any atom is 0.141 e. The van der Waals surface area contributed by atoms with Gasteiger partial charge in [-0.1, -0.05) is 24.3 Å². The van der Waals surface area contributed by atoms with Crippen LogP contribution < -0.4 is 9.47 Å². The van der Waals surface area contributed by atoms with Gasteiger partial charge in [0, 0.05) is 62.3 Å². The van der Waals surface area contributed by atoms with Gasteiger partial charge in [0.2, 0.25) is 0 Å². The Morgan fingerprint density at radius 2 is 1.50 bits per heavy atom. The van der Waals surface area contributed by atoms with Crippen molar-refractivity contribution < 1.29 is 9.47 Å². The van der Waals surface area contributed by atoms with Gasteiger partial charge in [0.1, 0.15) is 23.1 Å². The lowest BCUT2D eigenvalue weighted by Gasteiger charge is -2.12. The van der Waals surface area contributed by atoms with Gasteiger partial charge in [-0.05, 0) is 73.5 Å². The highest BCUT2D eigenvalue weighted by Gasteiger charge is 2.16. The number of ether oxygens (including phenoxy) is 2. The van der Waals surface area contributed by atoms with Crippen LogP contribution >= 0.6 is 23.5 Å². The minimum absolute atomic E-state index is 0.728. The van der Waals surface area contributed by atoms with E-state index in [1.807, 2.05) is 59.4 Å². The first-order chi connectivity index (χ1) is 21.6. The topological polar surface area (TPSA) is 54.1 Å². The molecule has 3 heterocycles. The molecule has 0 aliphatic rings. The number of hydrogen-bond donors (Lipinski definition) is 0. The van der Waals surface area contributed by atoms with E-state index in [0.29, 0.717) is 0 Å². The average molecular weight is 615 g/mol. The number of fused-ring (bicyclic) bond motifs is 3. The second-order valence-corrected chi connectivity index (χ2v) is 12.1. The molecule has 4 aromatic carbocycles. The fourth-order valence-corrected chi connectivity index (χ4v) is 7.19. The quantitative estimate of drug-likeness (QED) is 0.159. The lowest BCUT2D eigenvalue weighted by atomic mass is 10.1.